The third-order valence-electron chi connectivity index (χ3n) is 5.19. The second kappa shape index (κ2) is 6.74. The molecule has 0 unspecified atom stereocenters. The third kappa shape index (κ3) is 3.37. The number of rotatable bonds is 5. The van der Waals surface area contributed by atoms with Crippen molar-refractivity contribution in [1.82, 2.24) is 0 Å². The molecule has 1 aliphatic carbocycles. The fourth-order valence-electron chi connectivity index (χ4n) is 3.77. The second-order valence-corrected chi connectivity index (χ2v) is 6.70. The topological polar surface area (TPSA) is 26.3 Å². The van der Waals surface area contributed by atoms with Gasteiger partial charge in [-0.05, 0) is 48.8 Å². The van der Waals surface area contributed by atoms with Crippen molar-refractivity contribution in [1.29, 1.82) is 0 Å². The highest BCUT2D eigenvalue weighted by atomic mass is 16.5. The first kappa shape index (κ1) is 14.8. The molecule has 21 heavy (non-hydrogen) atoms. The Kier molecular flexibility index (Phi) is 4.74. The van der Waals surface area contributed by atoms with E-state index in [1.54, 1.807) is 0 Å². The van der Waals surface area contributed by atoms with E-state index in [4.69, 9.17) is 4.74 Å². The lowest BCUT2D eigenvalue weighted by Crippen LogP contribution is -2.22. The van der Waals surface area contributed by atoms with Crippen LogP contribution in [0.2, 0.25) is 0 Å². The van der Waals surface area contributed by atoms with Crippen LogP contribution in [0.4, 0.5) is 0 Å². The van der Waals surface area contributed by atoms with E-state index in [1.165, 1.54) is 43.2 Å². The smallest absolute Gasteiger partial charge is 0.165 e. The van der Waals surface area contributed by atoms with E-state index in [1.807, 2.05) is 6.07 Å². The molecule has 0 aromatic heterocycles. The van der Waals surface area contributed by atoms with Crippen LogP contribution in [0.1, 0.15) is 73.4 Å². The predicted molar refractivity (Wildman–Crippen MR) is 84.2 cm³/mol. The highest BCUT2D eigenvalue weighted by Crippen LogP contribution is 2.34. The Balaban J connectivity index is 1.59. The summed E-state index contributed by atoms with van der Waals surface area (Å²) in [5.74, 6) is 1.48. The maximum Gasteiger partial charge on any atom is 0.165 e. The Labute approximate surface area is 127 Å². The van der Waals surface area contributed by atoms with Gasteiger partial charge in [0.25, 0.3) is 0 Å². The standard InChI is InChI=1S/C19H26O2/c1-2-3-4-14-5-7-15(8-6-14)19(20)16-9-10-17-12-21-13-18(17)11-16/h9-11,14-15H,2-8,12-13H2,1H3. The molecule has 0 N–H and O–H groups in total. The van der Waals surface area contributed by atoms with Gasteiger partial charge in [-0.15, -0.1) is 0 Å². The molecule has 0 atom stereocenters. The van der Waals surface area contributed by atoms with Crippen molar-refractivity contribution in [3.05, 3.63) is 34.9 Å². The molecule has 1 aliphatic heterocycles. The van der Waals surface area contributed by atoms with Crippen LogP contribution in [0.15, 0.2) is 18.2 Å². The third-order valence-corrected chi connectivity index (χ3v) is 5.19. The quantitative estimate of drug-likeness (QED) is 0.720. The van der Waals surface area contributed by atoms with Crippen LogP contribution >= 0.6 is 0 Å². The molecule has 0 bridgehead atoms. The zero-order valence-electron chi connectivity index (χ0n) is 13.1. The number of ketones is 1. The summed E-state index contributed by atoms with van der Waals surface area (Å²) in [6.45, 7) is 3.62. The number of unbranched alkanes of at least 4 members (excludes halogenated alkanes) is 1. The van der Waals surface area contributed by atoms with Gasteiger partial charge >= 0.3 is 0 Å². The minimum absolute atomic E-state index is 0.253. The normalized spacial score (nSPS) is 24.8. The summed E-state index contributed by atoms with van der Waals surface area (Å²) in [7, 11) is 0. The summed E-state index contributed by atoms with van der Waals surface area (Å²) in [6, 6.07) is 6.13. The maximum absolute atomic E-state index is 12.7. The summed E-state index contributed by atoms with van der Waals surface area (Å²) in [6.07, 6.45) is 8.63. The van der Waals surface area contributed by atoms with Crippen molar-refractivity contribution in [3.63, 3.8) is 0 Å². The number of hydrogen-bond donors (Lipinski definition) is 0. The molecule has 114 valence electrons. The van der Waals surface area contributed by atoms with Crippen LogP contribution in [0, 0.1) is 11.8 Å². The Morgan fingerprint density at radius 1 is 1.14 bits per heavy atom. The maximum atomic E-state index is 12.7. The van der Waals surface area contributed by atoms with E-state index in [0.717, 1.165) is 24.3 Å². The van der Waals surface area contributed by atoms with Crippen molar-refractivity contribution in [2.24, 2.45) is 11.8 Å². The van der Waals surface area contributed by atoms with Crippen molar-refractivity contribution in [3.8, 4) is 0 Å². The van der Waals surface area contributed by atoms with Crippen LogP contribution < -0.4 is 0 Å². The van der Waals surface area contributed by atoms with Crippen molar-refractivity contribution >= 4 is 5.78 Å². The minimum Gasteiger partial charge on any atom is -0.372 e. The highest BCUT2D eigenvalue weighted by molar-refractivity contribution is 5.98. The van der Waals surface area contributed by atoms with E-state index in [9.17, 15) is 4.79 Å². The van der Waals surface area contributed by atoms with Crippen molar-refractivity contribution in [2.45, 2.75) is 65.1 Å². The molecule has 1 heterocycles. The zero-order chi connectivity index (χ0) is 14.7. The molecule has 0 saturated heterocycles. The molecule has 2 nitrogen and oxygen atoms in total. The number of Topliss-reactive ketones (excluding diaryl/α,β-unsaturated/α-hetero) is 1. The van der Waals surface area contributed by atoms with Gasteiger partial charge < -0.3 is 4.74 Å². The molecule has 2 heteroatoms. The van der Waals surface area contributed by atoms with Crippen LogP contribution in [0.25, 0.3) is 0 Å². The second-order valence-electron chi connectivity index (χ2n) is 6.70. The zero-order valence-corrected chi connectivity index (χ0v) is 13.1. The molecule has 1 saturated carbocycles. The molecular formula is C19H26O2. The van der Waals surface area contributed by atoms with Crippen LogP contribution in [0.3, 0.4) is 0 Å². The lowest BCUT2D eigenvalue weighted by molar-refractivity contribution is 0.0869. The van der Waals surface area contributed by atoms with Crippen molar-refractivity contribution < 1.29 is 9.53 Å². The first-order valence-corrected chi connectivity index (χ1v) is 8.51. The molecular weight excluding hydrogens is 260 g/mol. The average molecular weight is 286 g/mol. The fraction of sp³-hybridized carbons (Fsp3) is 0.632. The number of hydrogen-bond acceptors (Lipinski definition) is 2. The highest BCUT2D eigenvalue weighted by Gasteiger charge is 2.27. The van der Waals surface area contributed by atoms with Gasteiger partial charge in [-0.2, -0.15) is 0 Å². The van der Waals surface area contributed by atoms with Crippen LogP contribution in [-0.4, -0.2) is 5.78 Å². The van der Waals surface area contributed by atoms with E-state index in [2.05, 4.69) is 19.1 Å². The number of ether oxygens (including phenoxy) is 1. The molecule has 0 spiro atoms. The van der Waals surface area contributed by atoms with E-state index < -0.39 is 0 Å². The largest absolute Gasteiger partial charge is 0.372 e. The number of carbonyl (C=O) groups is 1. The van der Waals surface area contributed by atoms with Gasteiger partial charge in [-0.1, -0.05) is 38.3 Å². The number of fused-ring (bicyclic) bond motifs is 1. The first-order valence-electron chi connectivity index (χ1n) is 8.51. The molecule has 2 aliphatic rings. The van der Waals surface area contributed by atoms with Crippen LogP contribution in [-0.2, 0) is 18.0 Å². The van der Waals surface area contributed by atoms with Gasteiger partial charge in [0.2, 0.25) is 0 Å². The lowest BCUT2D eigenvalue weighted by atomic mass is 9.77. The van der Waals surface area contributed by atoms with Gasteiger partial charge in [0.1, 0.15) is 0 Å². The van der Waals surface area contributed by atoms with E-state index in [-0.39, 0.29) is 5.92 Å². The fourth-order valence-corrected chi connectivity index (χ4v) is 3.77. The number of carbonyl (C=O) groups excluding carboxylic acids is 1. The summed E-state index contributed by atoms with van der Waals surface area (Å²) < 4.78 is 5.44. The summed E-state index contributed by atoms with van der Waals surface area (Å²) >= 11 is 0. The minimum atomic E-state index is 0.253. The van der Waals surface area contributed by atoms with Gasteiger partial charge in [-0.25, -0.2) is 0 Å². The Bertz CT molecular complexity index is 498. The number of benzene rings is 1. The van der Waals surface area contributed by atoms with Gasteiger partial charge in [-0.3, -0.25) is 4.79 Å². The molecule has 1 aromatic carbocycles. The lowest BCUT2D eigenvalue weighted by Gasteiger charge is -2.27. The Hall–Kier alpha value is -1.15. The first-order chi connectivity index (χ1) is 10.3. The van der Waals surface area contributed by atoms with Crippen molar-refractivity contribution in [2.75, 3.05) is 0 Å². The summed E-state index contributed by atoms with van der Waals surface area (Å²) in [5.41, 5.74) is 3.35. The van der Waals surface area contributed by atoms with Gasteiger partial charge in [0, 0.05) is 11.5 Å². The monoisotopic (exact) mass is 286 g/mol. The van der Waals surface area contributed by atoms with E-state index in [0.29, 0.717) is 19.0 Å². The van der Waals surface area contributed by atoms with Gasteiger partial charge in [0.15, 0.2) is 5.78 Å². The molecule has 3 rings (SSSR count). The molecule has 0 radical (unpaired) electrons. The van der Waals surface area contributed by atoms with Crippen LogP contribution in [0.5, 0.6) is 0 Å². The van der Waals surface area contributed by atoms with E-state index >= 15 is 0 Å². The summed E-state index contributed by atoms with van der Waals surface area (Å²) in [4.78, 5) is 12.7. The average Bonchev–Trinajstić information content (AvgIpc) is 3.00. The molecule has 1 aromatic rings. The SMILES string of the molecule is CCCCC1CCC(C(=O)c2ccc3c(c2)COC3)CC1. The van der Waals surface area contributed by atoms with Gasteiger partial charge in [0.05, 0.1) is 13.2 Å². The summed E-state index contributed by atoms with van der Waals surface area (Å²) in [5, 5.41) is 0. The molecule has 1 fully saturated rings. The Morgan fingerprint density at radius 2 is 1.90 bits per heavy atom. The Morgan fingerprint density at radius 3 is 2.67 bits per heavy atom. The predicted octanol–water partition coefficient (Wildman–Crippen LogP) is 4.90. The molecule has 0 amide bonds.